The van der Waals surface area contributed by atoms with Gasteiger partial charge in [0.2, 0.25) is 0 Å². The number of fused-ring (bicyclic) bond motifs is 3. The van der Waals surface area contributed by atoms with Crippen molar-refractivity contribution in [3.05, 3.63) is 23.3 Å². The summed E-state index contributed by atoms with van der Waals surface area (Å²) in [6.07, 6.45) is -9.34. The lowest BCUT2D eigenvalue weighted by molar-refractivity contribution is -0.0259. The maximum absolute atomic E-state index is 11.2. The molecule has 1 saturated heterocycles. The number of hydrogen-bond donors (Lipinski definition) is 1. The zero-order valence-electron chi connectivity index (χ0n) is 31.9. The van der Waals surface area contributed by atoms with Gasteiger partial charge in [0.25, 0.3) is 0 Å². The lowest BCUT2D eigenvalue weighted by Crippen LogP contribution is -2.48. The standard InChI is InChI=1S/C20H31NO3/c1-20(2,3)11-14-12-21-7-6-13-8-18(23-4)19(24-5)9-15(13)16(21)10-17(14)22/h8-9,14,16-17,22H,6-7,10-12H2,1-5H3/i1D3,2D3,4D3,5D3,6D2,7D2,11D2,16D. The van der Waals surface area contributed by atoms with Gasteiger partial charge in [0.1, 0.15) is 0 Å². The molecule has 134 valence electrons. The van der Waals surface area contributed by atoms with Gasteiger partial charge in [-0.3, -0.25) is 4.90 Å². The topological polar surface area (TPSA) is 41.9 Å². The van der Waals surface area contributed by atoms with Crippen molar-refractivity contribution in [3.63, 3.8) is 0 Å². The predicted molar refractivity (Wildman–Crippen MR) is 95.7 cm³/mol. The monoisotopic (exact) mass is 352 g/mol. The molecule has 0 radical (unpaired) electrons. The molecule has 4 nitrogen and oxygen atoms in total. The van der Waals surface area contributed by atoms with Crippen LogP contribution in [0.2, 0.25) is 0 Å². The first-order chi connectivity index (χ1) is 18.8. The molecule has 0 aliphatic carbocycles. The fourth-order valence-corrected chi connectivity index (χ4v) is 2.95. The van der Waals surface area contributed by atoms with Gasteiger partial charge in [-0.15, -0.1) is 0 Å². The van der Waals surface area contributed by atoms with Crippen molar-refractivity contribution in [2.75, 3.05) is 27.1 Å². The number of nitrogens with zero attached hydrogens (tertiary/aromatic N) is 1. The molecule has 0 aromatic heterocycles. The summed E-state index contributed by atoms with van der Waals surface area (Å²) in [7, 11) is -6.38. The van der Waals surface area contributed by atoms with Gasteiger partial charge in [0.15, 0.2) is 11.5 Å². The molecule has 3 unspecified atom stereocenters. The SMILES string of the molecule is [2H]C([2H])([2H])Oc1cc2c(cc1OC([2H])([2H])[2H])C([2H])([2H])C([2H])([2H])N1CC(C([2H])([2H])C(C)(C([2H])([2H])[2H])C([2H])([2H])[2H])C(O)CC21[2H]. The highest BCUT2D eigenvalue weighted by Gasteiger charge is 2.39. The van der Waals surface area contributed by atoms with Crippen LogP contribution in [-0.4, -0.2) is 43.2 Å². The molecule has 0 saturated carbocycles. The minimum absolute atomic E-state index is 0.475. The first kappa shape index (κ1) is 5.62. The molecule has 3 atom stereocenters. The average molecular weight is 353 g/mol. The number of hydrogen-bond acceptors (Lipinski definition) is 4. The van der Waals surface area contributed by atoms with Gasteiger partial charge in [-0.25, -0.2) is 0 Å². The van der Waals surface area contributed by atoms with E-state index >= 15 is 0 Å². The van der Waals surface area contributed by atoms with Crippen molar-refractivity contribution in [2.45, 2.75) is 51.9 Å². The van der Waals surface area contributed by atoms with Gasteiger partial charge >= 0.3 is 0 Å². The molecular formula is C20H31NO3. The normalized spacial score (nSPS) is 49.0. The minimum Gasteiger partial charge on any atom is -0.493 e. The van der Waals surface area contributed by atoms with Gasteiger partial charge in [-0.05, 0) is 53.8 Å². The zero-order chi connectivity index (χ0) is 33.8. The van der Waals surface area contributed by atoms with Crippen LogP contribution in [0, 0.1) is 11.3 Å². The Morgan fingerprint density at radius 2 is 2.17 bits per heavy atom. The van der Waals surface area contributed by atoms with Crippen molar-refractivity contribution in [1.29, 1.82) is 0 Å². The first-order valence-corrected chi connectivity index (χ1v) is 7.28. The Bertz CT molecular complexity index is 1220. The number of aliphatic hydroxyl groups excluding tert-OH is 1. The number of rotatable bonds is 3. The minimum atomic E-state index is -3.46. The van der Waals surface area contributed by atoms with Crippen LogP contribution < -0.4 is 9.47 Å². The molecule has 3 rings (SSSR count). The summed E-state index contributed by atoms with van der Waals surface area (Å²) in [5, 5.41) is 11.2. The van der Waals surface area contributed by atoms with Crippen LogP contribution >= 0.6 is 0 Å². The maximum atomic E-state index is 11.2. The highest BCUT2D eigenvalue weighted by molar-refractivity contribution is 5.49. The summed E-state index contributed by atoms with van der Waals surface area (Å²) in [6, 6.07) is -1.04. The summed E-state index contributed by atoms with van der Waals surface area (Å²) in [4.78, 5) is 0.514. The number of ether oxygens (including phenoxy) is 2. The molecule has 0 amide bonds. The third-order valence-corrected chi connectivity index (χ3v) is 3.99. The van der Waals surface area contributed by atoms with Crippen LogP contribution in [0.3, 0.4) is 0 Å². The number of aliphatic hydroxyl groups is 1. The van der Waals surface area contributed by atoms with Crippen molar-refractivity contribution in [2.24, 2.45) is 11.3 Å². The second kappa shape index (κ2) is 6.57. The lowest BCUT2D eigenvalue weighted by Gasteiger charge is -2.47. The largest absolute Gasteiger partial charge is 0.493 e. The first-order valence-electron chi connectivity index (χ1n) is 16.8. The highest BCUT2D eigenvalue weighted by atomic mass is 16.5. The fourth-order valence-electron chi connectivity index (χ4n) is 2.95. The van der Waals surface area contributed by atoms with E-state index in [9.17, 15) is 6.48 Å². The van der Waals surface area contributed by atoms with Gasteiger partial charge < -0.3 is 14.6 Å². The summed E-state index contributed by atoms with van der Waals surface area (Å²) in [5.74, 6) is -3.55. The van der Waals surface area contributed by atoms with E-state index in [0.29, 0.717) is 17.9 Å². The third kappa shape index (κ3) is 3.40. The second-order valence-corrected chi connectivity index (χ2v) is 5.99. The highest BCUT2D eigenvalue weighted by Crippen LogP contribution is 2.44. The molecule has 4 heteroatoms. The molecule has 0 spiro atoms. The summed E-state index contributed by atoms with van der Waals surface area (Å²) in [5.41, 5.74) is -4.23. The predicted octanol–water partition coefficient (Wildman–Crippen LogP) is 3.42. The molecule has 1 N–H and O–H groups in total. The molecule has 2 aliphatic rings. The van der Waals surface area contributed by atoms with Crippen LogP contribution in [0.25, 0.3) is 0 Å². The quantitative estimate of drug-likeness (QED) is 0.905. The summed E-state index contributed by atoms with van der Waals surface area (Å²) in [6.45, 7) is -10.5. The van der Waals surface area contributed by atoms with Gasteiger partial charge in [-0.1, -0.05) is 20.6 Å². The zero-order valence-corrected chi connectivity index (χ0v) is 12.9. The van der Waals surface area contributed by atoms with E-state index in [2.05, 4.69) is 0 Å². The van der Waals surface area contributed by atoms with Crippen LogP contribution in [-0.2, 0) is 6.37 Å². The Kier molecular flexibility index (Phi) is 1.54. The average Bonchev–Trinajstić information content (AvgIpc) is 2.74. The van der Waals surface area contributed by atoms with Gasteiger partial charge in [0, 0.05) is 35.5 Å². The molecule has 0 bridgehead atoms. The van der Waals surface area contributed by atoms with Crippen LogP contribution in [0.4, 0.5) is 0 Å². The molecule has 1 aromatic carbocycles. The van der Waals surface area contributed by atoms with Crippen molar-refractivity contribution in [3.8, 4) is 11.5 Å². The second-order valence-electron chi connectivity index (χ2n) is 5.99. The van der Waals surface area contributed by atoms with Crippen molar-refractivity contribution < 1.29 is 40.6 Å². The summed E-state index contributed by atoms with van der Waals surface area (Å²) >= 11 is 0. The van der Waals surface area contributed by atoms with Gasteiger partial charge in [-0.2, -0.15) is 0 Å². The van der Waals surface area contributed by atoms with E-state index in [0.717, 1.165) is 6.07 Å². The molecular weight excluding hydrogens is 302 g/mol. The Labute approximate surface area is 172 Å². The van der Waals surface area contributed by atoms with Crippen molar-refractivity contribution >= 4 is 0 Å². The van der Waals surface area contributed by atoms with E-state index < -0.39 is 106 Å². The molecule has 24 heavy (non-hydrogen) atoms. The smallest absolute Gasteiger partial charge is 0.161 e. The van der Waals surface area contributed by atoms with E-state index in [1.165, 1.54) is 0 Å². The number of aryl methyl sites for hydroxylation is 1. The van der Waals surface area contributed by atoms with Crippen LogP contribution in [0.1, 0.15) is 76.6 Å². The van der Waals surface area contributed by atoms with Crippen LogP contribution in [0.5, 0.6) is 11.5 Å². The molecule has 1 aromatic rings. The fraction of sp³-hybridized carbons (Fsp3) is 0.700. The number of benzene rings is 1. The molecule has 2 heterocycles. The third-order valence-electron chi connectivity index (χ3n) is 3.99. The number of piperidine rings is 1. The van der Waals surface area contributed by atoms with Gasteiger partial charge in [0.05, 0.1) is 29.8 Å². The van der Waals surface area contributed by atoms with Crippen molar-refractivity contribution in [1.82, 2.24) is 4.90 Å². The Morgan fingerprint density at radius 1 is 1.42 bits per heavy atom. The Hall–Kier alpha value is -1.26. The van der Waals surface area contributed by atoms with Crippen LogP contribution in [0.15, 0.2) is 12.1 Å². The number of methoxy groups -OCH3 is 2. The molecule has 2 aliphatic heterocycles. The maximum Gasteiger partial charge on any atom is 0.161 e. The summed E-state index contributed by atoms with van der Waals surface area (Å²) < 4.78 is 163. The van der Waals surface area contributed by atoms with E-state index in [1.54, 1.807) is 0 Å². The van der Waals surface area contributed by atoms with E-state index in [4.69, 9.17) is 34.1 Å². The van der Waals surface area contributed by atoms with E-state index in [-0.39, 0.29) is 0 Å². The van der Waals surface area contributed by atoms with E-state index in [1.807, 2.05) is 0 Å². The lowest BCUT2D eigenvalue weighted by atomic mass is 9.75. The molecule has 1 fully saturated rings. The Morgan fingerprint density at radius 3 is 2.88 bits per heavy atom. The Balaban J connectivity index is 2.30.